The molecule has 1 saturated carbocycles. The molecular weight excluding hydrogens is 306 g/mol. The SMILES string of the molecule is CCNC(c1csc(Br)c1)C1CCC(CC)CC1. The van der Waals surface area contributed by atoms with E-state index in [1.54, 1.807) is 11.3 Å². The minimum Gasteiger partial charge on any atom is -0.310 e. The van der Waals surface area contributed by atoms with Gasteiger partial charge >= 0.3 is 0 Å². The van der Waals surface area contributed by atoms with Gasteiger partial charge in [0.1, 0.15) is 0 Å². The smallest absolute Gasteiger partial charge is 0.0701 e. The van der Waals surface area contributed by atoms with Crippen molar-refractivity contribution in [2.24, 2.45) is 11.8 Å². The van der Waals surface area contributed by atoms with Crippen LogP contribution in [0.25, 0.3) is 0 Å². The highest BCUT2D eigenvalue weighted by molar-refractivity contribution is 9.11. The molecule has 1 N–H and O–H groups in total. The standard InChI is InChI=1S/C15H24BrNS/c1-3-11-5-7-12(8-6-11)15(17-4-2)13-9-14(16)18-10-13/h9-12,15,17H,3-8H2,1-2H3. The molecule has 1 fully saturated rings. The van der Waals surface area contributed by atoms with Gasteiger partial charge in [-0.2, -0.15) is 0 Å². The second kappa shape index (κ2) is 7.06. The molecule has 3 heteroatoms. The van der Waals surface area contributed by atoms with Gasteiger partial charge in [0, 0.05) is 6.04 Å². The van der Waals surface area contributed by atoms with Crippen LogP contribution in [0.2, 0.25) is 0 Å². The molecule has 18 heavy (non-hydrogen) atoms. The van der Waals surface area contributed by atoms with Crippen molar-refractivity contribution in [2.75, 3.05) is 6.54 Å². The number of thiophene rings is 1. The third-order valence-corrected chi connectivity index (χ3v) is 5.83. The third-order valence-electron chi connectivity index (χ3n) is 4.31. The van der Waals surface area contributed by atoms with Crippen LogP contribution in [0.1, 0.15) is 57.6 Å². The van der Waals surface area contributed by atoms with Crippen LogP contribution >= 0.6 is 27.3 Å². The van der Waals surface area contributed by atoms with Crippen LogP contribution in [-0.4, -0.2) is 6.54 Å². The largest absolute Gasteiger partial charge is 0.310 e. The van der Waals surface area contributed by atoms with Crippen molar-refractivity contribution in [1.82, 2.24) is 5.32 Å². The quantitative estimate of drug-likeness (QED) is 0.764. The molecule has 1 aliphatic carbocycles. The second-order valence-corrected chi connectivity index (χ2v) is 7.70. The lowest BCUT2D eigenvalue weighted by molar-refractivity contribution is 0.220. The van der Waals surface area contributed by atoms with Gasteiger partial charge in [0.2, 0.25) is 0 Å². The van der Waals surface area contributed by atoms with E-state index < -0.39 is 0 Å². The van der Waals surface area contributed by atoms with Crippen LogP contribution < -0.4 is 5.32 Å². The molecule has 0 aliphatic heterocycles. The fourth-order valence-corrected chi connectivity index (χ4v) is 4.41. The van der Waals surface area contributed by atoms with Crippen molar-refractivity contribution < 1.29 is 0 Å². The van der Waals surface area contributed by atoms with Gasteiger partial charge in [-0.1, -0.05) is 33.1 Å². The van der Waals surface area contributed by atoms with Gasteiger partial charge in [-0.25, -0.2) is 0 Å². The number of halogens is 1. The predicted octanol–water partition coefficient (Wildman–Crippen LogP) is 5.38. The van der Waals surface area contributed by atoms with Crippen molar-refractivity contribution in [3.8, 4) is 0 Å². The Morgan fingerprint density at radius 1 is 1.33 bits per heavy atom. The maximum Gasteiger partial charge on any atom is 0.0701 e. The fraction of sp³-hybridized carbons (Fsp3) is 0.733. The zero-order valence-electron chi connectivity index (χ0n) is 11.4. The second-order valence-electron chi connectivity index (χ2n) is 5.41. The van der Waals surface area contributed by atoms with E-state index in [0.29, 0.717) is 6.04 Å². The van der Waals surface area contributed by atoms with Crippen LogP contribution in [0.5, 0.6) is 0 Å². The molecule has 1 aliphatic rings. The third kappa shape index (κ3) is 3.58. The van der Waals surface area contributed by atoms with Crippen LogP contribution in [0.15, 0.2) is 15.2 Å². The normalized spacial score (nSPS) is 26.2. The summed E-state index contributed by atoms with van der Waals surface area (Å²) in [6, 6.07) is 2.86. The molecule has 1 nitrogen and oxygen atoms in total. The predicted molar refractivity (Wildman–Crippen MR) is 84.2 cm³/mol. The summed E-state index contributed by atoms with van der Waals surface area (Å²) in [7, 11) is 0. The highest BCUT2D eigenvalue weighted by atomic mass is 79.9. The topological polar surface area (TPSA) is 12.0 Å². The summed E-state index contributed by atoms with van der Waals surface area (Å²) in [6.45, 7) is 5.61. The molecule has 0 aromatic carbocycles. The first-order valence-electron chi connectivity index (χ1n) is 7.21. The van der Waals surface area contributed by atoms with Crippen molar-refractivity contribution in [3.63, 3.8) is 0 Å². The lowest BCUT2D eigenvalue weighted by atomic mass is 9.76. The Morgan fingerprint density at radius 3 is 2.56 bits per heavy atom. The van der Waals surface area contributed by atoms with Gasteiger partial charge in [0.05, 0.1) is 3.79 Å². The summed E-state index contributed by atoms with van der Waals surface area (Å²) in [5.41, 5.74) is 1.48. The molecule has 1 atom stereocenters. The summed E-state index contributed by atoms with van der Waals surface area (Å²) in [4.78, 5) is 0. The molecule has 0 spiro atoms. The van der Waals surface area contributed by atoms with Crippen LogP contribution in [-0.2, 0) is 0 Å². The lowest BCUT2D eigenvalue weighted by Gasteiger charge is -2.34. The monoisotopic (exact) mass is 329 g/mol. The molecule has 0 saturated heterocycles. The fourth-order valence-electron chi connectivity index (χ4n) is 3.19. The highest BCUT2D eigenvalue weighted by Crippen LogP contribution is 2.39. The Balaban J connectivity index is 2.02. The average molecular weight is 330 g/mol. The van der Waals surface area contributed by atoms with E-state index >= 15 is 0 Å². The maximum atomic E-state index is 3.70. The van der Waals surface area contributed by atoms with Gasteiger partial charge in [0.25, 0.3) is 0 Å². The van der Waals surface area contributed by atoms with Crippen molar-refractivity contribution in [1.29, 1.82) is 0 Å². The highest BCUT2D eigenvalue weighted by Gasteiger charge is 2.27. The van der Waals surface area contributed by atoms with E-state index in [9.17, 15) is 0 Å². The average Bonchev–Trinajstić information content (AvgIpc) is 2.82. The van der Waals surface area contributed by atoms with Gasteiger partial charge in [-0.3, -0.25) is 0 Å². The van der Waals surface area contributed by atoms with Gasteiger partial charge in [-0.15, -0.1) is 11.3 Å². The Bertz CT molecular complexity index is 355. The van der Waals surface area contributed by atoms with Crippen LogP contribution in [0.3, 0.4) is 0 Å². The number of hydrogen-bond donors (Lipinski definition) is 1. The molecule has 102 valence electrons. The van der Waals surface area contributed by atoms with E-state index in [2.05, 4.69) is 46.5 Å². The zero-order chi connectivity index (χ0) is 13.0. The van der Waals surface area contributed by atoms with Crippen LogP contribution in [0, 0.1) is 11.8 Å². The Morgan fingerprint density at radius 2 is 2.06 bits per heavy atom. The van der Waals surface area contributed by atoms with Gasteiger partial charge in [0.15, 0.2) is 0 Å². The molecular formula is C15H24BrNS. The molecule has 1 unspecified atom stereocenters. The minimum atomic E-state index is 0.565. The summed E-state index contributed by atoms with van der Waals surface area (Å²) < 4.78 is 1.25. The van der Waals surface area contributed by atoms with Gasteiger partial charge in [-0.05, 0) is 64.2 Å². The molecule has 1 aromatic heterocycles. The van der Waals surface area contributed by atoms with E-state index in [1.165, 1.54) is 41.5 Å². The number of rotatable bonds is 5. The molecule has 0 radical (unpaired) electrons. The number of nitrogens with one attached hydrogen (secondary N) is 1. The van der Waals surface area contributed by atoms with Gasteiger partial charge < -0.3 is 5.32 Å². The molecule has 0 bridgehead atoms. The van der Waals surface area contributed by atoms with Crippen molar-refractivity contribution >= 4 is 27.3 Å². The molecule has 1 heterocycles. The minimum absolute atomic E-state index is 0.565. The summed E-state index contributed by atoms with van der Waals surface area (Å²) in [5.74, 6) is 1.81. The Kier molecular flexibility index (Phi) is 5.71. The van der Waals surface area contributed by atoms with E-state index in [-0.39, 0.29) is 0 Å². The summed E-state index contributed by atoms with van der Waals surface area (Å²) in [5, 5.41) is 6.01. The first-order valence-corrected chi connectivity index (χ1v) is 8.89. The molecule has 2 rings (SSSR count). The zero-order valence-corrected chi connectivity index (χ0v) is 13.8. The van der Waals surface area contributed by atoms with Crippen LogP contribution in [0.4, 0.5) is 0 Å². The lowest BCUT2D eigenvalue weighted by Crippen LogP contribution is -2.30. The Labute approximate surface area is 123 Å². The van der Waals surface area contributed by atoms with E-state index in [0.717, 1.165) is 18.4 Å². The number of hydrogen-bond acceptors (Lipinski definition) is 2. The van der Waals surface area contributed by atoms with Crippen molar-refractivity contribution in [3.05, 3.63) is 20.8 Å². The summed E-state index contributed by atoms with van der Waals surface area (Å²) in [6.07, 6.45) is 7.00. The van der Waals surface area contributed by atoms with Crippen molar-refractivity contribution in [2.45, 2.75) is 52.0 Å². The first-order chi connectivity index (χ1) is 8.74. The van der Waals surface area contributed by atoms with E-state index in [1.807, 2.05) is 0 Å². The molecule has 1 aromatic rings. The molecule has 0 amide bonds. The Hall–Kier alpha value is 0.140. The first kappa shape index (κ1) is 14.5. The van der Waals surface area contributed by atoms with E-state index in [4.69, 9.17) is 0 Å². The maximum absolute atomic E-state index is 3.70. The summed E-state index contributed by atoms with van der Waals surface area (Å²) >= 11 is 5.39.